The second-order valence-electron chi connectivity index (χ2n) is 9.29. The van der Waals surface area contributed by atoms with E-state index in [4.69, 9.17) is 0 Å². The van der Waals surface area contributed by atoms with Gasteiger partial charge in [-0.3, -0.25) is 9.59 Å². The molecule has 0 heterocycles. The monoisotopic (exact) mass is 458 g/mol. The number of carbonyl (C=O) groups excluding carboxylic acids is 2. The summed E-state index contributed by atoms with van der Waals surface area (Å²) in [6.07, 6.45) is 5.69. The molecule has 1 saturated carbocycles. The van der Waals surface area contributed by atoms with Crippen LogP contribution in [0.1, 0.15) is 93.0 Å². The highest BCUT2D eigenvalue weighted by atomic mass is 19.4. The van der Waals surface area contributed by atoms with E-state index in [9.17, 15) is 22.8 Å². The van der Waals surface area contributed by atoms with E-state index in [-0.39, 0.29) is 5.56 Å². The molecule has 0 bridgehead atoms. The minimum absolute atomic E-state index is 0.111. The summed E-state index contributed by atoms with van der Waals surface area (Å²) in [6, 6.07) is 14.9. The Morgan fingerprint density at radius 3 is 1.94 bits per heavy atom. The predicted molar refractivity (Wildman–Crippen MR) is 125 cm³/mol. The molecule has 0 saturated heterocycles. The van der Waals surface area contributed by atoms with Crippen molar-refractivity contribution in [3.05, 3.63) is 59.7 Å². The van der Waals surface area contributed by atoms with Gasteiger partial charge >= 0.3 is 6.18 Å². The van der Waals surface area contributed by atoms with E-state index in [1.807, 2.05) is 0 Å². The van der Waals surface area contributed by atoms with Gasteiger partial charge < -0.3 is 0 Å². The topological polar surface area (TPSA) is 34.1 Å². The molecule has 1 aliphatic rings. The van der Waals surface area contributed by atoms with E-state index < -0.39 is 24.2 Å². The molecule has 0 aliphatic heterocycles. The number of Topliss-reactive ketones (excluding diaryl/α,β-unsaturated/α-hetero) is 2. The molecular weight excluding hydrogens is 425 g/mol. The first kappa shape index (κ1) is 25.2. The van der Waals surface area contributed by atoms with Gasteiger partial charge in [-0.25, -0.2) is 0 Å². The Morgan fingerprint density at radius 1 is 0.818 bits per heavy atom. The SMILES string of the molecule is CCCCCCC1CCC(c2ccc(-c3ccc(C(=O)CC(=O)C(F)(F)F)cc3)cc2)CC1. The van der Waals surface area contributed by atoms with E-state index in [1.54, 1.807) is 12.1 Å². The number of benzene rings is 2. The molecule has 33 heavy (non-hydrogen) atoms. The Labute approximate surface area is 194 Å². The summed E-state index contributed by atoms with van der Waals surface area (Å²) in [6.45, 7) is 2.25. The summed E-state index contributed by atoms with van der Waals surface area (Å²) in [7, 11) is 0. The Hall–Kier alpha value is -2.43. The van der Waals surface area contributed by atoms with Crippen LogP contribution in [0.4, 0.5) is 13.2 Å². The van der Waals surface area contributed by atoms with Crippen molar-refractivity contribution in [1.82, 2.24) is 0 Å². The van der Waals surface area contributed by atoms with E-state index in [0.29, 0.717) is 5.92 Å². The maximum atomic E-state index is 12.4. The second-order valence-corrected chi connectivity index (χ2v) is 9.29. The molecule has 0 radical (unpaired) electrons. The molecule has 0 atom stereocenters. The zero-order chi connectivity index (χ0) is 23.8. The van der Waals surface area contributed by atoms with Crippen LogP contribution in [0, 0.1) is 5.92 Å². The van der Waals surface area contributed by atoms with Gasteiger partial charge in [0.2, 0.25) is 5.78 Å². The van der Waals surface area contributed by atoms with Gasteiger partial charge in [0, 0.05) is 5.56 Å². The number of carbonyl (C=O) groups is 2. The lowest BCUT2D eigenvalue weighted by atomic mass is 9.77. The fourth-order valence-corrected chi connectivity index (χ4v) is 4.79. The largest absolute Gasteiger partial charge is 0.450 e. The molecule has 1 fully saturated rings. The maximum Gasteiger partial charge on any atom is 0.450 e. The highest BCUT2D eigenvalue weighted by molar-refractivity contribution is 6.09. The number of hydrogen-bond donors (Lipinski definition) is 0. The van der Waals surface area contributed by atoms with Crippen molar-refractivity contribution in [2.75, 3.05) is 0 Å². The Kier molecular flexibility index (Phi) is 8.87. The summed E-state index contributed by atoms with van der Waals surface area (Å²) in [5.74, 6) is -1.35. The number of halogens is 3. The van der Waals surface area contributed by atoms with Gasteiger partial charge in [-0.1, -0.05) is 87.6 Å². The van der Waals surface area contributed by atoms with Crippen molar-refractivity contribution in [3.63, 3.8) is 0 Å². The highest BCUT2D eigenvalue weighted by Gasteiger charge is 2.39. The first-order chi connectivity index (χ1) is 15.8. The van der Waals surface area contributed by atoms with Crippen LogP contribution in [0.5, 0.6) is 0 Å². The smallest absolute Gasteiger partial charge is 0.294 e. The molecule has 3 rings (SSSR count). The van der Waals surface area contributed by atoms with Crippen molar-refractivity contribution in [3.8, 4) is 11.1 Å². The number of unbranched alkanes of at least 4 members (excludes halogenated alkanes) is 3. The zero-order valence-electron chi connectivity index (χ0n) is 19.3. The Balaban J connectivity index is 1.53. The average Bonchev–Trinajstić information content (AvgIpc) is 2.82. The Morgan fingerprint density at radius 2 is 1.39 bits per heavy atom. The minimum Gasteiger partial charge on any atom is -0.294 e. The maximum absolute atomic E-state index is 12.4. The second kappa shape index (κ2) is 11.6. The molecule has 0 spiro atoms. The average molecular weight is 459 g/mol. The molecule has 0 unspecified atom stereocenters. The number of rotatable bonds is 10. The van der Waals surface area contributed by atoms with Crippen molar-refractivity contribution < 1.29 is 22.8 Å². The molecule has 2 aromatic rings. The van der Waals surface area contributed by atoms with Crippen LogP contribution >= 0.6 is 0 Å². The Bertz CT molecular complexity index is 906. The summed E-state index contributed by atoms with van der Waals surface area (Å²) >= 11 is 0. The molecule has 2 aromatic carbocycles. The predicted octanol–water partition coefficient (Wildman–Crippen LogP) is 8.30. The van der Waals surface area contributed by atoms with E-state index in [1.165, 1.54) is 75.5 Å². The lowest BCUT2D eigenvalue weighted by molar-refractivity contribution is -0.170. The van der Waals surface area contributed by atoms with Crippen LogP contribution in [0.2, 0.25) is 0 Å². The normalized spacial score (nSPS) is 18.8. The van der Waals surface area contributed by atoms with Crippen LogP contribution in [-0.2, 0) is 4.79 Å². The summed E-state index contributed by atoms with van der Waals surface area (Å²) < 4.78 is 37.1. The standard InChI is InChI=1S/C28H33F3O2/c1-2-3-4-5-6-20-7-9-21(10-8-20)22-11-13-23(14-12-22)24-15-17-25(18-16-24)26(32)19-27(33)28(29,30)31/h11-18,20-21H,2-10,19H2,1H3. The van der Waals surface area contributed by atoms with E-state index in [0.717, 1.165) is 17.0 Å². The lowest BCUT2D eigenvalue weighted by Gasteiger charge is -2.29. The van der Waals surface area contributed by atoms with Crippen molar-refractivity contribution in [2.45, 2.75) is 83.2 Å². The fraction of sp³-hybridized carbons (Fsp3) is 0.500. The number of hydrogen-bond acceptors (Lipinski definition) is 2. The van der Waals surface area contributed by atoms with E-state index in [2.05, 4.69) is 31.2 Å². The molecule has 178 valence electrons. The minimum atomic E-state index is -4.98. The fourth-order valence-electron chi connectivity index (χ4n) is 4.79. The third-order valence-corrected chi connectivity index (χ3v) is 6.87. The van der Waals surface area contributed by atoms with Gasteiger partial charge in [0.25, 0.3) is 0 Å². The van der Waals surface area contributed by atoms with Gasteiger partial charge in [-0.05, 0) is 54.2 Å². The first-order valence-electron chi connectivity index (χ1n) is 12.1. The third-order valence-electron chi connectivity index (χ3n) is 6.87. The van der Waals surface area contributed by atoms with Gasteiger partial charge in [-0.2, -0.15) is 13.2 Å². The summed E-state index contributed by atoms with van der Waals surface area (Å²) in [5, 5.41) is 0. The first-order valence-corrected chi connectivity index (χ1v) is 12.1. The molecule has 0 aromatic heterocycles. The van der Waals surface area contributed by atoms with Crippen molar-refractivity contribution in [2.24, 2.45) is 5.92 Å². The van der Waals surface area contributed by atoms with Crippen molar-refractivity contribution in [1.29, 1.82) is 0 Å². The molecule has 5 heteroatoms. The van der Waals surface area contributed by atoms with Gasteiger partial charge in [0.15, 0.2) is 5.78 Å². The number of ketones is 2. The van der Waals surface area contributed by atoms with Gasteiger partial charge in [0.1, 0.15) is 0 Å². The van der Waals surface area contributed by atoms with Crippen LogP contribution in [0.15, 0.2) is 48.5 Å². The molecule has 1 aliphatic carbocycles. The summed E-state index contributed by atoms with van der Waals surface area (Å²) in [4.78, 5) is 23.0. The molecule has 0 amide bonds. The molecule has 0 N–H and O–H groups in total. The zero-order valence-corrected chi connectivity index (χ0v) is 19.3. The molecule has 2 nitrogen and oxygen atoms in total. The quantitative estimate of drug-likeness (QED) is 0.204. The summed E-state index contributed by atoms with van der Waals surface area (Å²) in [5.41, 5.74) is 3.35. The van der Waals surface area contributed by atoms with Gasteiger partial charge in [0.05, 0.1) is 6.42 Å². The molecular formula is C28H33F3O2. The number of alkyl halides is 3. The van der Waals surface area contributed by atoms with Crippen LogP contribution in [0.3, 0.4) is 0 Å². The lowest BCUT2D eigenvalue weighted by Crippen LogP contribution is -2.25. The third kappa shape index (κ3) is 7.28. The highest BCUT2D eigenvalue weighted by Crippen LogP contribution is 2.38. The van der Waals surface area contributed by atoms with E-state index >= 15 is 0 Å². The van der Waals surface area contributed by atoms with Gasteiger partial charge in [-0.15, -0.1) is 0 Å². The van der Waals surface area contributed by atoms with Crippen LogP contribution < -0.4 is 0 Å². The van der Waals surface area contributed by atoms with Crippen LogP contribution in [-0.4, -0.2) is 17.7 Å². The van der Waals surface area contributed by atoms with Crippen LogP contribution in [0.25, 0.3) is 11.1 Å². The van der Waals surface area contributed by atoms with Crippen molar-refractivity contribution >= 4 is 11.6 Å².